The van der Waals surface area contributed by atoms with Crippen LogP contribution < -0.4 is 0 Å². The SMILES string of the molecule is CCS(=O)(=O)N1CC(C(C)C#N)(n2cc(-c3ccnc4[nH]ccc34)cn2)C1.N#CCC1(n2cc(-c3ccnc4[nH]ccc34)cn2)CN(S(=O)(=O)N2CCCC2)C1.[C-]#[N+]c1cnc2[nH]ccc2c1-c1cnn(C2(CC#N)CN(S(=O)(=O)N(C)C)C2)c1.[C-]#[N+]c1nn(C2(CC#N)CN(S(=O)(=O)CC)C2)cc1-c1ccnc2[nH]ccc12. The predicted molar refractivity (Wildman–Crippen MR) is 417 cm³/mol. The summed E-state index contributed by atoms with van der Waals surface area (Å²) in [6, 6.07) is 22.1. The highest BCUT2D eigenvalue weighted by Gasteiger charge is 2.56. The maximum atomic E-state index is 12.8. The van der Waals surface area contributed by atoms with Gasteiger partial charge in [-0.3, -0.25) is 19.0 Å². The molecule has 36 nitrogen and oxygen atoms in total. The summed E-state index contributed by atoms with van der Waals surface area (Å²) in [4.78, 5) is 36.5. The monoisotopic (exact) mass is 1600 g/mol. The number of aromatic amines is 4. The molecule has 17 heterocycles. The van der Waals surface area contributed by atoms with Crippen molar-refractivity contribution in [2.24, 2.45) is 5.92 Å². The Morgan fingerprint density at radius 2 is 0.920 bits per heavy atom. The standard InChI is InChI=1S/C19H21N7O2S.C18H18N8O2S.C18H17N7O2S.C18H20N6O2S/c20-6-5-19(13-25(14-19)29(27,28)24-9-1-2-10-24)26-12-15(11-23-26)16-3-7-21-18-17(16)4-8-22-18;1-20-15-9-22-17-14(4-7-21-17)16(15)13-8-23-26(10-13)18(5-6-19)11-25(12-18)29(27,28)24(2)3;1-3-28(26,27)24-11-18(12-24,6-7-19)25-10-15(16(20-2)23-25)13-4-8-21-17-14(13)5-9-22-17;1-3-27(25,26)23-11-18(12-23,13(2)8-19)24-10-14(9-22-24)15-4-6-20-17-16(15)5-7-21-17/h3-4,7-8,11-12H,1-2,5,9-10,13-14H2,(H,21,22);4,7-10H,5,11-12H2,2-3H3,(H,21,22);4-5,8-10H,3,6,11-12H2,1H3,(H,21,22);4-7,9-10,13H,3,11-12H2,1-2H3,(H,20,21). The van der Waals surface area contributed by atoms with Crippen LogP contribution in [0.2, 0.25) is 0 Å². The summed E-state index contributed by atoms with van der Waals surface area (Å²) in [6.07, 6.45) is 28.6. The summed E-state index contributed by atoms with van der Waals surface area (Å²) in [5.74, 6) is -0.104. The van der Waals surface area contributed by atoms with Crippen molar-refractivity contribution in [3.05, 3.63) is 158 Å². The van der Waals surface area contributed by atoms with Gasteiger partial charge in [-0.1, -0.05) is 6.57 Å². The van der Waals surface area contributed by atoms with E-state index in [2.05, 4.69) is 94.2 Å². The maximum Gasteiger partial charge on any atom is 0.303 e. The number of aromatic nitrogens is 16. The first-order chi connectivity index (χ1) is 54.2. The highest BCUT2D eigenvalue weighted by atomic mass is 32.2. The molecule has 4 N–H and O–H groups in total. The van der Waals surface area contributed by atoms with Gasteiger partial charge in [-0.05, 0) is 97.9 Å². The first-order valence-corrected chi connectivity index (χ1v) is 41.9. The second-order valence-electron chi connectivity index (χ2n) is 28.5. The number of hydrogen-bond acceptors (Lipinski definition) is 20. The third kappa shape index (κ3) is 13.9. The molecule has 17 rings (SSSR count). The van der Waals surface area contributed by atoms with Gasteiger partial charge in [0.2, 0.25) is 25.7 Å². The number of nitrogens with zero attached hydrogens (tertiary/aromatic N) is 24. The lowest BCUT2D eigenvalue weighted by Gasteiger charge is -2.50. The van der Waals surface area contributed by atoms with Gasteiger partial charge in [0.05, 0.1) is 86.1 Å². The predicted octanol–water partition coefficient (Wildman–Crippen LogP) is 7.60. The summed E-state index contributed by atoms with van der Waals surface area (Å²) in [5, 5.41) is 59.0. The molecule has 5 fully saturated rings. The van der Waals surface area contributed by atoms with Crippen LogP contribution in [0.15, 0.2) is 135 Å². The molecular weight excluding hydrogens is 1530 g/mol. The molecule has 12 aromatic rings. The molecule has 5 aliphatic rings. The van der Waals surface area contributed by atoms with Crippen molar-refractivity contribution in [3.8, 4) is 68.8 Å². The Kier molecular flexibility index (Phi) is 20.9. The Morgan fingerprint density at radius 1 is 0.496 bits per heavy atom. The molecule has 580 valence electrons. The summed E-state index contributed by atoms with van der Waals surface area (Å²) in [7, 11) is -10.7. The van der Waals surface area contributed by atoms with Gasteiger partial charge in [0.1, 0.15) is 44.7 Å². The topological polar surface area (TPSA) is 446 Å². The number of pyridine rings is 4. The number of sulfonamides is 2. The summed E-state index contributed by atoms with van der Waals surface area (Å²) >= 11 is 0. The third-order valence-corrected chi connectivity index (χ3v) is 29.0. The van der Waals surface area contributed by atoms with Crippen molar-refractivity contribution < 1.29 is 33.7 Å². The minimum Gasteiger partial charge on any atom is -0.358 e. The summed E-state index contributed by atoms with van der Waals surface area (Å²) in [5.41, 5.74) is 7.25. The quantitative estimate of drug-likeness (QED) is 0.0533. The molecular formula is C73H76N28O8S4. The van der Waals surface area contributed by atoms with Gasteiger partial charge >= 0.3 is 5.82 Å². The number of fused-ring (bicyclic) bond motifs is 4. The van der Waals surface area contributed by atoms with E-state index in [0.717, 1.165) is 77.8 Å². The molecule has 0 radical (unpaired) electrons. The summed E-state index contributed by atoms with van der Waals surface area (Å²) < 4.78 is 114. The Balaban J connectivity index is 0.000000125. The fraction of sp³-hybridized carbons (Fsp3) is 0.370. The molecule has 0 spiro atoms. The van der Waals surface area contributed by atoms with Crippen LogP contribution in [-0.4, -0.2) is 230 Å². The van der Waals surface area contributed by atoms with E-state index in [4.69, 9.17) is 13.1 Å². The molecule has 1 unspecified atom stereocenters. The zero-order chi connectivity index (χ0) is 80.0. The minimum absolute atomic E-state index is 0.00970. The van der Waals surface area contributed by atoms with E-state index in [-0.39, 0.29) is 94.9 Å². The van der Waals surface area contributed by atoms with E-state index in [1.165, 1.54) is 41.8 Å². The second kappa shape index (κ2) is 30.3. The lowest BCUT2D eigenvalue weighted by Crippen LogP contribution is -2.67. The molecule has 113 heavy (non-hydrogen) atoms. The Morgan fingerprint density at radius 3 is 1.40 bits per heavy atom. The van der Waals surface area contributed by atoms with Gasteiger partial charge in [0, 0.05) is 203 Å². The van der Waals surface area contributed by atoms with Crippen molar-refractivity contribution in [1.82, 2.24) is 105 Å². The van der Waals surface area contributed by atoms with Crippen LogP contribution in [0.3, 0.4) is 0 Å². The van der Waals surface area contributed by atoms with E-state index in [0.29, 0.717) is 46.8 Å². The second-order valence-corrected chi connectivity index (χ2v) is 37.1. The number of nitrogens with one attached hydrogen (secondary N) is 4. The largest absolute Gasteiger partial charge is 0.358 e. The van der Waals surface area contributed by atoms with Crippen LogP contribution in [0.5, 0.6) is 0 Å². The lowest BCUT2D eigenvalue weighted by atomic mass is 9.80. The van der Waals surface area contributed by atoms with Crippen LogP contribution in [-0.2, 0) is 62.6 Å². The van der Waals surface area contributed by atoms with E-state index in [9.17, 15) is 54.7 Å². The van der Waals surface area contributed by atoms with Crippen molar-refractivity contribution in [2.45, 2.75) is 75.0 Å². The van der Waals surface area contributed by atoms with E-state index in [1.807, 2.05) is 74.2 Å². The van der Waals surface area contributed by atoms with E-state index in [1.54, 1.807) is 94.5 Å². The highest BCUT2D eigenvalue weighted by Crippen LogP contribution is 2.45. The normalized spacial score (nSPS) is 17.7. The van der Waals surface area contributed by atoms with Gasteiger partial charge in [-0.2, -0.15) is 83.7 Å². The molecule has 0 bridgehead atoms. The average molecular weight is 1600 g/mol. The van der Waals surface area contributed by atoms with Crippen molar-refractivity contribution in [1.29, 1.82) is 21.0 Å². The zero-order valence-corrected chi connectivity index (χ0v) is 65.2. The van der Waals surface area contributed by atoms with Gasteiger partial charge in [-0.15, -0.1) is 0 Å². The minimum atomic E-state index is -3.55. The molecule has 0 aromatic carbocycles. The van der Waals surface area contributed by atoms with Gasteiger partial charge in [0.25, 0.3) is 20.4 Å². The number of nitriles is 4. The van der Waals surface area contributed by atoms with Crippen LogP contribution in [0, 0.1) is 64.4 Å². The Bertz CT molecular complexity index is 6370. The molecule has 0 saturated carbocycles. The molecule has 1 atom stereocenters. The van der Waals surface area contributed by atoms with Crippen molar-refractivity contribution in [3.63, 3.8) is 0 Å². The van der Waals surface area contributed by atoms with Gasteiger partial charge in [-0.25, -0.2) is 36.6 Å². The third-order valence-electron chi connectivity index (χ3n) is 21.7. The molecule has 5 saturated heterocycles. The number of rotatable bonds is 20. The van der Waals surface area contributed by atoms with Crippen molar-refractivity contribution in [2.75, 3.05) is 91.0 Å². The van der Waals surface area contributed by atoms with Crippen LogP contribution >= 0.6 is 0 Å². The summed E-state index contributed by atoms with van der Waals surface area (Å²) in [6.45, 7) is 22.9. The van der Waals surface area contributed by atoms with Crippen LogP contribution in [0.4, 0.5) is 11.5 Å². The Labute approximate surface area is 650 Å². The van der Waals surface area contributed by atoms with E-state index >= 15 is 0 Å². The zero-order valence-electron chi connectivity index (χ0n) is 61.9. The van der Waals surface area contributed by atoms with Gasteiger partial charge < -0.3 is 24.8 Å². The highest BCUT2D eigenvalue weighted by molar-refractivity contribution is 7.89. The maximum absolute atomic E-state index is 12.8. The average Bonchev–Trinajstić information content (AvgIpc) is 1.74. The number of H-pyrrole nitrogens is 4. The first kappa shape index (κ1) is 77.8. The lowest BCUT2D eigenvalue weighted by molar-refractivity contribution is 0.0357. The Hall–Kier alpha value is -11.9. The smallest absolute Gasteiger partial charge is 0.303 e. The van der Waals surface area contributed by atoms with Crippen LogP contribution in [0.1, 0.15) is 52.9 Å². The fourth-order valence-electron chi connectivity index (χ4n) is 15.0. The molecule has 12 aromatic heterocycles. The first-order valence-electron chi connectivity index (χ1n) is 35.8. The van der Waals surface area contributed by atoms with Gasteiger partial charge in [0.15, 0.2) is 0 Å². The molecule has 5 aliphatic heterocycles. The number of hydrogen-bond donors (Lipinski definition) is 4. The molecule has 0 aliphatic carbocycles. The van der Waals surface area contributed by atoms with E-state index < -0.39 is 62.6 Å². The molecule has 40 heteroatoms. The fourth-order valence-corrected chi connectivity index (χ4v) is 20.6. The van der Waals surface area contributed by atoms with Crippen LogP contribution in [0.25, 0.3) is 98.3 Å². The van der Waals surface area contributed by atoms with Crippen molar-refractivity contribution >= 4 is 96.1 Å². The molecule has 0 amide bonds.